The van der Waals surface area contributed by atoms with Gasteiger partial charge in [0.15, 0.2) is 0 Å². The van der Waals surface area contributed by atoms with Gasteiger partial charge in [0.25, 0.3) is 0 Å². The van der Waals surface area contributed by atoms with Gasteiger partial charge in [-0.25, -0.2) is 4.98 Å². The predicted octanol–water partition coefficient (Wildman–Crippen LogP) is 1.47. The molecule has 2 rings (SSSR count). The maximum atomic E-state index is 5.82. The van der Waals surface area contributed by atoms with E-state index in [1.165, 1.54) is 0 Å². The molecule has 1 fully saturated rings. The molecule has 1 saturated carbocycles. The fraction of sp³-hybridized carbons (Fsp3) is 0.583. The zero-order chi connectivity index (χ0) is 11.4. The minimum absolute atomic E-state index is 0.352. The number of ether oxygens (including phenoxy) is 2. The number of rotatable bonds is 5. The first kappa shape index (κ1) is 11.2. The summed E-state index contributed by atoms with van der Waals surface area (Å²) in [7, 11) is 3.60. The highest BCUT2D eigenvalue weighted by Gasteiger charge is 2.30. The summed E-state index contributed by atoms with van der Waals surface area (Å²) in [6, 6.07) is 3.69. The molecule has 0 radical (unpaired) electrons. The average molecular weight is 222 g/mol. The monoisotopic (exact) mass is 222 g/mol. The number of nitrogens with zero attached hydrogens (tertiary/aromatic N) is 1. The lowest BCUT2D eigenvalue weighted by atomic mass is 9.82. The Balaban J connectivity index is 1.82. The minimum atomic E-state index is 0.352. The van der Waals surface area contributed by atoms with Crippen molar-refractivity contribution < 1.29 is 9.47 Å². The normalized spacial score (nSPS) is 23.6. The Morgan fingerprint density at radius 1 is 1.50 bits per heavy atom. The quantitative estimate of drug-likeness (QED) is 0.819. The highest BCUT2D eigenvalue weighted by atomic mass is 16.5. The summed E-state index contributed by atoms with van der Waals surface area (Å²) >= 11 is 0. The first-order valence-corrected chi connectivity index (χ1v) is 5.63. The van der Waals surface area contributed by atoms with Crippen LogP contribution in [0.25, 0.3) is 0 Å². The number of pyridine rings is 1. The molecule has 0 unspecified atom stereocenters. The smallest absolute Gasteiger partial charge is 0.216 e. The third-order valence-corrected chi connectivity index (χ3v) is 2.90. The molecule has 0 aliphatic heterocycles. The van der Waals surface area contributed by atoms with Crippen molar-refractivity contribution in [3.8, 4) is 11.6 Å². The van der Waals surface area contributed by atoms with E-state index in [4.69, 9.17) is 9.47 Å². The molecular formula is C12H18N2O2. The second-order valence-corrected chi connectivity index (χ2v) is 4.17. The van der Waals surface area contributed by atoms with Crippen LogP contribution in [-0.4, -0.2) is 31.8 Å². The van der Waals surface area contributed by atoms with E-state index in [0.717, 1.165) is 31.1 Å². The Labute approximate surface area is 96.0 Å². The molecule has 4 heteroatoms. The van der Waals surface area contributed by atoms with Crippen LogP contribution in [0.1, 0.15) is 12.8 Å². The van der Waals surface area contributed by atoms with Crippen molar-refractivity contribution in [3.63, 3.8) is 0 Å². The molecule has 16 heavy (non-hydrogen) atoms. The highest BCUT2D eigenvalue weighted by Crippen LogP contribution is 2.31. The van der Waals surface area contributed by atoms with Gasteiger partial charge >= 0.3 is 0 Å². The van der Waals surface area contributed by atoms with Crippen molar-refractivity contribution in [1.82, 2.24) is 10.3 Å². The van der Waals surface area contributed by atoms with E-state index < -0.39 is 0 Å². The Bertz CT molecular complexity index is 338. The lowest BCUT2D eigenvalue weighted by molar-refractivity contribution is 0.0654. The number of hydrogen-bond donors (Lipinski definition) is 1. The van der Waals surface area contributed by atoms with E-state index in [9.17, 15) is 0 Å². The lowest BCUT2D eigenvalue weighted by Crippen LogP contribution is -2.38. The summed E-state index contributed by atoms with van der Waals surface area (Å²) < 4.78 is 10.9. The summed E-state index contributed by atoms with van der Waals surface area (Å²) in [6.07, 6.45) is 4.32. The van der Waals surface area contributed by atoms with Crippen molar-refractivity contribution in [3.05, 3.63) is 18.3 Å². The second-order valence-electron chi connectivity index (χ2n) is 4.17. The molecule has 0 spiro atoms. The van der Waals surface area contributed by atoms with Gasteiger partial charge < -0.3 is 14.8 Å². The summed E-state index contributed by atoms with van der Waals surface area (Å²) in [5.41, 5.74) is 0. The van der Waals surface area contributed by atoms with Gasteiger partial charge in [0.05, 0.1) is 13.2 Å². The van der Waals surface area contributed by atoms with Crippen molar-refractivity contribution in [2.24, 2.45) is 5.92 Å². The fourth-order valence-corrected chi connectivity index (χ4v) is 1.99. The molecule has 0 atom stereocenters. The van der Waals surface area contributed by atoms with E-state index in [0.29, 0.717) is 12.0 Å². The van der Waals surface area contributed by atoms with Crippen LogP contribution in [0.4, 0.5) is 0 Å². The average Bonchev–Trinajstić information content (AvgIpc) is 2.27. The highest BCUT2D eigenvalue weighted by molar-refractivity contribution is 5.26. The Hall–Kier alpha value is -1.29. The van der Waals surface area contributed by atoms with Gasteiger partial charge in [0.1, 0.15) is 5.75 Å². The molecule has 88 valence electrons. The van der Waals surface area contributed by atoms with Crippen molar-refractivity contribution in [1.29, 1.82) is 0 Å². The number of methoxy groups -OCH3 is 1. The summed E-state index contributed by atoms with van der Waals surface area (Å²) in [5, 5.41) is 3.19. The lowest BCUT2D eigenvalue weighted by Gasteiger charge is -2.35. The maximum absolute atomic E-state index is 5.82. The predicted molar refractivity (Wildman–Crippen MR) is 61.9 cm³/mol. The first-order valence-electron chi connectivity index (χ1n) is 5.63. The second kappa shape index (κ2) is 5.16. The van der Waals surface area contributed by atoms with E-state index in [1.54, 1.807) is 13.3 Å². The Morgan fingerprint density at radius 2 is 2.31 bits per heavy atom. The van der Waals surface area contributed by atoms with E-state index in [2.05, 4.69) is 10.3 Å². The van der Waals surface area contributed by atoms with Gasteiger partial charge in [-0.05, 0) is 38.4 Å². The van der Waals surface area contributed by atoms with Crippen molar-refractivity contribution in [2.45, 2.75) is 18.9 Å². The summed E-state index contributed by atoms with van der Waals surface area (Å²) in [4.78, 5) is 4.04. The third kappa shape index (κ3) is 2.64. The standard InChI is InChI=1S/C12H18N2O2/c1-13-8-9-5-11(6-9)16-10-3-4-14-12(7-10)15-2/h3-4,7,9,11,13H,5-6,8H2,1-2H3. The van der Waals surface area contributed by atoms with Gasteiger partial charge in [-0.15, -0.1) is 0 Å². The van der Waals surface area contributed by atoms with Gasteiger partial charge in [0.2, 0.25) is 5.88 Å². The summed E-state index contributed by atoms with van der Waals surface area (Å²) in [6.45, 7) is 1.08. The van der Waals surface area contributed by atoms with Gasteiger partial charge in [-0.2, -0.15) is 0 Å². The fourth-order valence-electron chi connectivity index (χ4n) is 1.99. The third-order valence-electron chi connectivity index (χ3n) is 2.90. The van der Waals surface area contributed by atoms with E-state index in [-0.39, 0.29) is 0 Å². The van der Waals surface area contributed by atoms with E-state index >= 15 is 0 Å². The number of aromatic nitrogens is 1. The first-order chi connectivity index (χ1) is 7.81. The van der Waals surface area contributed by atoms with Crippen LogP contribution in [0.3, 0.4) is 0 Å². The molecule has 1 N–H and O–H groups in total. The zero-order valence-electron chi connectivity index (χ0n) is 9.77. The molecule has 4 nitrogen and oxygen atoms in total. The molecule has 1 heterocycles. The zero-order valence-corrected chi connectivity index (χ0v) is 9.77. The summed E-state index contributed by atoms with van der Waals surface area (Å²) in [5.74, 6) is 2.21. The van der Waals surface area contributed by atoms with Gasteiger partial charge in [-0.1, -0.05) is 0 Å². The topological polar surface area (TPSA) is 43.4 Å². The van der Waals surface area contributed by atoms with Crippen LogP contribution >= 0.6 is 0 Å². The molecule has 0 amide bonds. The molecule has 0 aromatic carbocycles. The maximum Gasteiger partial charge on any atom is 0.216 e. The molecule has 1 aromatic heterocycles. The van der Waals surface area contributed by atoms with E-state index in [1.807, 2.05) is 19.2 Å². The molecule has 1 aliphatic carbocycles. The largest absolute Gasteiger partial charge is 0.490 e. The molecule has 1 aromatic rings. The van der Waals surface area contributed by atoms with Crippen LogP contribution in [0.15, 0.2) is 18.3 Å². The van der Waals surface area contributed by atoms with Crippen LogP contribution in [0.2, 0.25) is 0 Å². The van der Waals surface area contributed by atoms with Crippen LogP contribution in [0.5, 0.6) is 11.6 Å². The molecule has 1 aliphatic rings. The van der Waals surface area contributed by atoms with Crippen LogP contribution in [-0.2, 0) is 0 Å². The minimum Gasteiger partial charge on any atom is -0.490 e. The number of hydrogen-bond acceptors (Lipinski definition) is 4. The molecule has 0 saturated heterocycles. The van der Waals surface area contributed by atoms with Crippen molar-refractivity contribution in [2.75, 3.05) is 20.7 Å². The molecule has 0 bridgehead atoms. The van der Waals surface area contributed by atoms with Gasteiger partial charge in [0, 0.05) is 12.3 Å². The Kier molecular flexibility index (Phi) is 3.62. The van der Waals surface area contributed by atoms with Gasteiger partial charge in [-0.3, -0.25) is 0 Å². The van der Waals surface area contributed by atoms with Crippen LogP contribution in [0, 0.1) is 5.92 Å². The van der Waals surface area contributed by atoms with Crippen LogP contribution < -0.4 is 14.8 Å². The Morgan fingerprint density at radius 3 is 3.00 bits per heavy atom. The SMILES string of the molecule is CNCC1CC(Oc2ccnc(OC)c2)C1. The number of nitrogens with one attached hydrogen (secondary N) is 1. The van der Waals surface area contributed by atoms with Crippen molar-refractivity contribution >= 4 is 0 Å². The molecular weight excluding hydrogens is 204 g/mol.